The second-order valence-corrected chi connectivity index (χ2v) is 7.10. The van der Waals surface area contributed by atoms with E-state index in [-0.39, 0.29) is 11.9 Å². The van der Waals surface area contributed by atoms with Crippen molar-refractivity contribution in [2.24, 2.45) is 0 Å². The highest BCUT2D eigenvalue weighted by atomic mass is 19.4. The molecule has 0 aliphatic carbocycles. The number of hydrogen-bond donors (Lipinski definition) is 1. The van der Waals surface area contributed by atoms with Crippen LogP contribution in [0, 0.1) is 6.92 Å². The third-order valence-electron chi connectivity index (χ3n) is 4.83. The summed E-state index contributed by atoms with van der Waals surface area (Å²) in [7, 11) is 0. The van der Waals surface area contributed by atoms with Gasteiger partial charge < -0.3 is 19.6 Å². The summed E-state index contributed by atoms with van der Waals surface area (Å²) >= 11 is 0. The fraction of sp³-hybridized carbons (Fsp3) is 0.300. The number of piperazine rings is 1. The summed E-state index contributed by atoms with van der Waals surface area (Å²) in [4.78, 5) is 23.9. The highest BCUT2D eigenvalue weighted by molar-refractivity contribution is 5.89. The summed E-state index contributed by atoms with van der Waals surface area (Å²) in [6.45, 7) is 4.14. The molecule has 2 amide bonds. The highest BCUT2D eigenvalue weighted by Crippen LogP contribution is 2.29. The Morgan fingerprint density at radius 3 is 2.52 bits per heavy atom. The fourth-order valence-electron chi connectivity index (χ4n) is 3.23. The Morgan fingerprint density at radius 1 is 1.13 bits per heavy atom. The zero-order chi connectivity index (χ0) is 22.0. The highest BCUT2D eigenvalue weighted by Gasteiger charge is 2.38. The summed E-state index contributed by atoms with van der Waals surface area (Å²) in [5.41, 5.74) is 2.13. The summed E-state index contributed by atoms with van der Waals surface area (Å²) < 4.78 is 42.0. The number of carbonyl (C=O) groups excluding carboxylic acids is 1. The number of aryl methyl sites for hydroxylation is 1. The summed E-state index contributed by atoms with van der Waals surface area (Å²) in [6, 6.07) is 10.7. The molecular formula is C20H19F3N6O2. The van der Waals surface area contributed by atoms with E-state index in [1.54, 1.807) is 17.0 Å². The SMILES string of the molecule is Cc1cccc(NC(=O)N2CCN(c3ccc(-c4noc(C(F)(F)F)n4)cn3)CC2)c1. The molecule has 11 heteroatoms. The first-order valence-corrected chi connectivity index (χ1v) is 9.54. The minimum Gasteiger partial charge on any atom is -0.353 e. The van der Waals surface area contributed by atoms with Gasteiger partial charge in [-0.1, -0.05) is 17.3 Å². The maximum absolute atomic E-state index is 12.6. The third kappa shape index (κ3) is 4.76. The van der Waals surface area contributed by atoms with Crippen LogP contribution in [0.3, 0.4) is 0 Å². The molecule has 1 N–H and O–H groups in total. The van der Waals surface area contributed by atoms with Crippen molar-refractivity contribution in [3.8, 4) is 11.4 Å². The number of aromatic nitrogens is 3. The van der Waals surface area contributed by atoms with Crippen LogP contribution < -0.4 is 10.2 Å². The zero-order valence-electron chi connectivity index (χ0n) is 16.6. The van der Waals surface area contributed by atoms with Crippen LogP contribution in [-0.2, 0) is 6.18 Å². The Bertz CT molecular complexity index is 1060. The largest absolute Gasteiger partial charge is 0.471 e. The summed E-state index contributed by atoms with van der Waals surface area (Å²) in [5, 5.41) is 6.25. The molecule has 0 spiro atoms. The van der Waals surface area contributed by atoms with Crippen molar-refractivity contribution in [1.82, 2.24) is 20.0 Å². The van der Waals surface area contributed by atoms with E-state index in [0.717, 1.165) is 11.3 Å². The van der Waals surface area contributed by atoms with E-state index in [4.69, 9.17) is 0 Å². The number of rotatable bonds is 3. The van der Waals surface area contributed by atoms with E-state index < -0.39 is 12.1 Å². The van der Waals surface area contributed by atoms with Crippen molar-refractivity contribution in [2.45, 2.75) is 13.1 Å². The molecule has 4 rings (SSSR count). The van der Waals surface area contributed by atoms with Gasteiger partial charge in [-0.2, -0.15) is 18.2 Å². The normalized spacial score (nSPS) is 14.6. The molecule has 1 saturated heterocycles. The number of nitrogens with one attached hydrogen (secondary N) is 1. The number of urea groups is 1. The van der Waals surface area contributed by atoms with Crippen molar-refractivity contribution in [2.75, 3.05) is 36.4 Å². The smallest absolute Gasteiger partial charge is 0.353 e. The molecule has 0 bridgehead atoms. The molecular weight excluding hydrogens is 413 g/mol. The molecule has 0 saturated carbocycles. The molecule has 1 aliphatic rings. The van der Waals surface area contributed by atoms with Crippen molar-refractivity contribution in [3.05, 3.63) is 54.0 Å². The Balaban J connectivity index is 1.34. The molecule has 3 heterocycles. The lowest BCUT2D eigenvalue weighted by Crippen LogP contribution is -2.50. The Morgan fingerprint density at radius 2 is 1.90 bits per heavy atom. The van der Waals surface area contributed by atoms with E-state index in [1.165, 1.54) is 6.20 Å². The van der Waals surface area contributed by atoms with Crippen LogP contribution in [0.5, 0.6) is 0 Å². The molecule has 1 aromatic carbocycles. The predicted octanol–water partition coefficient (Wildman–Crippen LogP) is 3.81. The molecule has 31 heavy (non-hydrogen) atoms. The van der Waals surface area contributed by atoms with Crippen LogP contribution in [0.25, 0.3) is 11.4 Å². The van der Waals surface area contributed by atoms with Gasteiger partial charge in [0.1, 0.15) is 5.82 Å². The van der Waals surface area contributed by atoms with Gasteiger partial charge in [0.25, 0.3) is 0 Å². The maximum atomic E-state index is 12.6. The minimum atomic E-state index is -4.69. The van der Waals surface area contributed by atoms with E-state index >= 15 is 0 Å². The van der Waals surface area contributed by atoms with Crippen molar-refractivity contribution in [3.63, 3.8) is 0 Å². The Kier molecular flexibility index (Phi) is 5.49. The third-order valence-corrected chi connectivity index (χ3v) is 4.83. The van der Waals surface area contributed by atoms with Crippen LogP contribution in [-0.4, -0.2) is 52.2 Å². The predicted molar refractivity (Wildman–Crippen MR) is 107 cm³/mol. The molecule has 0 unspecified atom stereocenters. The van der Waals surface area contributed by atoms with E-state index in [1.807, 2.05) is 36.1 Å². The molecule has 3 aromatic rings. The number of alkyl halides is 3. The van der Waals surface area contributed by atoms with Gasteiger partial charge in [-0.25, -0.2) is 9.78 Å². The number of halogens is 3. The van der Waals surface area contributed by atoms with Crippen molar-refractivity contribution < 1.29 is 22.5 Å². The van der Waals surface area contributed by atoms with Gasteiger partial charge in [0.15, 0.2) is 0 Å². The number of hydrogen-bond acceptors (Lipinski definition) is 6. The first kappa shape index (κ1) is 20.6. The van der Waals surface area contributed by atoms with Gasteiger partial charge in [0.2, 0.25) is 5.82 Å². The van der Waals surface area contributed by atoms with E-state index in [0.29, 0.717) is 37.6 Å². The fourth-order valence-corrected chi connectivity index (χ4v) is 3.23. The summed E-state index contributed by atoms with van der Waals surface area (Å²) in [6.07, 6.45) is -3.29. The molecule has 162 valence electrons. The van der Waals surface area contributed by atoms with Gasteiger partial charge in [0.05, 0.1) is 0 Å². The molecule has 1 fully saturated rings. The second kappa shape index (κ2) is 8.25. The standard InChI is InChI=1S/C20H19F3N6O2/c1-13-3-2-4-15(11-13)25-19(30)29-9-7-28(8-10-29)16-6-5-14(12-24-16)17-26-18(31-27-17)20(21,22)23/h2-6,11-12H,7-10H2,1H3,(H,25,30). The number of amides is 2. The first-order chi connectivity index (χ1) is 14.8. The lowest BCUT2D eigenvalue weighted by atomic mass is 10.2. The van der Waals surface area contributed by atoms with Crippen LogP contribution in [0.1, 0.15) is 11.5 Å². The van der Waals surface area contributed by atoms with Gasteiger partial charge in [-0.15, -0.1) is 0 Å². The monoisotopic (exact) mass is 432 g/mol. The van der Waals surface area contributed by atoms with Crippen molar-refractivity contribution in [1.29, 1.82) is 0 Å². The quantitative estimate of drug-likeness (QED) is 0.677. The van der Waals surface area contributed by atoms with Gasteiger partial charge in [-0.3, -0.25) is 0 Å². The van der Waals surface area contributed by atoms with Gasteiger partial charge in [0, 0.05) is 43.6 Å². The van der Waals surface area contributed by atoms with Crippen LogP contribution in [0.15, 0.2) is 47.1 Å². The van der Waals surface area contributed by atoms with Crippen LogP contribution >= 0.6 is 0 Å². The van der Waals surface area contributed by atoms with Crippen molar-refractivity contribution >= 4 is 17.5 Å². The summed E-state index contributed by atoms with van der Waals surface area (Å²) in [5.74, 6) is -0.919. The maximum Gasteiger partial charge on any atom is 0.471 e. The van der Waals surface area contributed by atoms with Crippen LogP contribution in [0.2, 0.25) is 0 Å². The Labute approximate surface area is 175 Å². The Hall–Kier alpha value is -3.63. The average molecular weight is 432 g/mol. The van der Waals surface area contributed by atoms with E-state index in [2.05, 4.69) is 25.0 Å². The van der Waals surface area contributed by atoms with Gasteiger partial charge >= 0.3 is 18.1 Å². The number of anilines is 2. The first-order valence-electron chi connectivity index (χ1n) is 9.54. The average Bonchev–Trinajstić information content (AvgIpc) is 3.25. The number of pyridine rings is 1. The molecule has 8 nitrogen and oxygen atoms in total. The number of carbonyl (C=O) groups is 1. The number of nitrogens with zero attached hydrogens (tertiary/aromatic N) is 5. The molecule has 1 aliphatic heterocycles. The molecule has 2 aromatic heterocycles. The lowest BCUT2D eigenvalue weighted by Gasteiger charge is -2.35. The molecule has 0 radical (unpaired) electrons. The molecule has 0 atom stereocenters. The number of benzene rings is 1. The van der Waals surface area contributed by atoms with Gasteiger partial charge in [-0.05, 0) is 36.8 Å². The van der Waals surface area contributed by atoms with E-state index in [9.17, 15) is 18.0 Å². The topological polar surface area (TPSA) is 87.4 Å². The minimum absolute atomic E-state index is 0.161. The lowest BCUT2D eigenvalue weighted by molar-refractivity contribution is -0.159. The second-order valence-electron chi connectivity index (χ2n) is 7.10. The van der Waals surface area contributed by atoms with Crippen LogP contribution in [0.4, 0.5) is 29.5 Å². The zero-order valence-corrected chi connectivity index (χ0v) is 16.6.